The zero-order chi connectivity index (χ0) is 11.8. The number of nitrogens with two attached hydrogens (primary N) is 1. The highest BCUT2D eigenvalue weighted by atomic mass is 32.2. The summed E-state index contributed by atoms with van der Waals surface area (Å²) in [7, 11) is 0. The Hall–Kier alpha value is -0.790. The predicted molar refractivity (Wildman–Crippen MR) is 57.6 cm³/mol. The molecule has 7 heteroatoms. The second-order valence-corrected chi connectivity index (χ2v) is 3.96. The summed E-state index contributed by atoms with van der Waals surface area (Å²) in [5.74, 6) is -1.10. The third kappa shape index (κ3) is 5.60. The lowest BCUT2D eigenvalue weighted by Crippen LogP contribution is -2.50. The average molecular weight is 236 g/mol. The van der Waals surface area contributed by atoms with Gasteiger partial charge in [-0.3, -0.25) is 4.79 Å². The molecular formula is C8H16N2O4S. The van der Waals surface area contributed by atoms with Gasteiger partial charge in [0.25, 0.3) is 0 Å². The first-order chi connectivity index (χ1) is 7.02. The molecule has 0 aromatic carbocycles. The van der Waals surface area contributed by atoms with Crippen LogP contribution in [0.5, 0.6) is 0 Å². The number of hydrogen-bond acceptors (Lipinski definition) is 5. The maximum absolute atomic E-state index is 11.3. The summed E-state index contributed by atoms with van der Waals surface area (Å²) in [4.78, 5) is 21.8. The lowest BCUT2D eigenvalue weighted by Gasteiger charge is -2.15. The lowest BCUT2D eigenvalue weighted by molar-refractivity contribution is -0.143. The number of carbonyl (C=O) groups excluding carboxylic acids is 1. The van der Waals surface area contributed by atoms with Crippen LogP contribution in [0.25, 0.3) is 0 Å². The minimum Gasteiger partial charge on any atom is -0.480 e. The summed E-state index contributed by atoms with van der Waals surface area (Å²) in [5.41, 5.74) is 5.51. The van der Waals surface area contributed by atoms with Crippen LogP contribution in [0, 0.1) is 0 Å². The second kappa shape index (κ2) is 7.49. The van der Waals surface area contributed by atoms with E-state index in [1.54, 1.807) is 11.8 Å². The van der Waals surface area contributed by atoms with Crippen LogP contribution < -0.4 is 11.1 Å². The minimum atomic E-state index is -1.28. The Balaban J connectivity index is 4.04. The number of aliphatic carboxylic acids is 1. The Morgan fingerprint density at radius 3 is 2.53 bits per heavy atom. The number of thioether (sulfide) groups is 1. The van der Waals surface area contributed by atoms with E-state index in [4.69, 9.17) is 15.9 Å². The van der Waals surface area contributed by atoms with Crippen LogP contribution in [0.3, 0.4) is 0 Å². The normalized spacial score (nSPS) is 14.3. The number of carboxylic acids is 1. The number of nitrogens with one attached hydrogen (secondary N) is 1. The van der Waals surface area contributed by atoms with E-state index in [2.05, 4.69) is 5.32 Å². The Kier molecular flexibility index (Phi) is 7.10. The molecule has 0 bridgehead atoms. The van der Waals surface area contributed by atoms with Crippen molar-refractivity contribution in [3.8, 4) is 0 Å². The Bertz CT molecular complexity index is 225. The number of hydrogen-bond donors (Lipinski definition) is 4. The van der Waals surface area contributed by atoms with Gasteiger partial charge < -0.3 is 21.3 Å². The third-order valence-electron chi connectivity index (χ3n) is 1.77. The van der Waals surface area contributed by atoms with E-state index in [1.165, 1.54) is 0 Å². The fraction of sp³-hybridized carbons (Fsp3) is 0.750. The second-order valence-electron chi connectivity index (χ2n) is 2.97. The van der Waals surface area contributed by atoms with Crippen LogP contribution in [0.4, 0.5) is 0 Å². The van der Waals surface area contributed by atoms with E-state index < -0.39 is 30.6 Å². The molecule has 0 fully saturated rings. The first kappa shape index (κ1) is 14.2. The maximum Gasteiger partial charge on any atom is 0.328 e. The highest BCUT2D eigenvalue weighted by Crippen LogP contribution is 1.99. The first-order valence-electron chi connectivity index (χ1n) is 4.41. The van der Waals surface area contributed by atoms with Crippen molar-refractivity contribution in [2.75, 3.05) is 18.6 Å². The molecule has 0 aliphatic carbocycles. The summed E-state index contributed by atoms with van der Waals surface area (Å²) in [5, 5.41) is 19.4. The molecule has 0 radical (unpaired) electrons. The van der Waals surface area contributed by atoms with Crippen LogP contribution in [0.15, 0.2) is 0 Å². The first-order valence-corrected chi connectivity index (χ1v) is 5.80. The summed E-state index contributed by atoms with van der Waals surface area (Å²) >= 11 is 1.55. The van der Waals surface area contributed by atoms with Crippen LogP contribution in [0.2, 0.25) is 0 Å². The molecule has 0 heterocycles. The van der Waals surface area contributed by atoms with Gasteiger partial charge in [-0.25, -0.2) is 4.79 Å². The number of carbonyl (C=O) groups is 2. The molecule has 2 atom stereocenters. The lowest BCUT2D eigenvalue weighted by atomic mass is 10.2. The van der Waals surface area contributed by atoms with Crippen molar-refractivity contribution in [2.45, 2.75) is 18.5 Å². The van der Waals surface area contributed by atoms with Gasteiger partial charge in [0, 0.05) is 0 Å². The molecule has 0 spiro atoms. The highest BCUT2D eigenvalue weighted by Gasteiger charge is 2.21. The van der Waals surface area contributed by atoms with Crippen LogP contribution in [0.1, 0.15) is 6.42 Å². The highest BCUT2D eigenvalue weighted by molar-refractivity contribution is 7.98. The third-order valence-corrected chi connectivity index (χ3v) is 2.41. The number of amides is 1. The summed E-state index contributed by atoms with van der Waals surface area (Å²) in [6, 6.07) is -2.01. The van der Waals surface area contributed by atoms with E-state index >= 15 is 0 Å². The van der Waals surface area contributed by atoms with Crippen molar-refractivity contribution in [3.05, 3.63) is 0 Å². The SMILES string of the molecule is CSCC[C@H](N)C(=O)N[C@@H](CO)C(=O)O. The van der Waals surface area contributed by atoms with Gasteiger partial charge in [-0.05, 0) is 18.4 Å². The Morgan fingerprint density at radius 1 is 1.53 bits per heavy atom. The van der Waals surface area contributed by atoms with Crippen molar-refractivity contribution in [3.63, 3.8) is 0 Å². The molecule has 0 aliphatic rings. The number of carboxylic acid groups (broad SMARTS) is 1. The Labute approximate surface area is 92.2 Å². The van der Waals surface area contributed by atoms with Crippen molar-refractivity contribution in [2.24, 2.45) is 5.73 Å². The Morgan fingerprint density at radius 2 is 2.13 bits per heavy atom. The maximum atomic E-state index is 11.3. The zero-order valence-corrected chi connectivity index (χ0v) is 9.29. The summed E-state index contributed by atoms with van der Waals surface area (Å²) in [6.45, 7) is -0.643. The number of aliphatic hydroxyl groups excluding tert-OH is 1. The summed E-state index contributed by atoms with van der Waals surface area (Å²) in [6.07, 6.45) is 2.36. The van der Waals surface area contributed by atoms with Gasteiger partial charge in [-0.15, -0.1) is 0 Å². The van der Waals surface area contributed by atoms with E-state index in [-0.39, 0.29) is 0 Å². The molecule has 0 saturated carbocycles. The van der Waals surface area contributed by atoms with Gasteiger partial charge in [0.15, 0.2) is 0 Å². The summed E-state index contributed by atoms with van der Waals surface area (Å²) < 4.78 is 0. The molecule has 0 aromatic rings. The molecular weight excluding hydrogens is 220 g/mol. The smallest absolute Gasteiger partial charge is 0.328 e. The van der Waals surface area contributed by atoms with Gasteiger partial charge in [0.2, 0.25) is 5.91 Å². The molecule has 0 aliphatic heterocycles. The molecule has 0 unspecified atom stereocenters. The standard InChI is InChI=1S/C8H16N2O4S/c1-15-3-2-5(9)7(12)10-6(4-11)8(13)14/h5-6,11H,2-4,9H2,1H3,(H,10,12)(H,13,14)/t5-,6-/m0/s1. The van der Waals surface area contributed by atoms with Crippen molar-refractivity contribution in [1.82, 2.24) is 5.32 Å². The monoisotopic (exact) mass is 236 g/mol. The van der Waals surface area contributed by atoms with Gasteiger partial charge in [-0.2, -0.15) is 11.8 Å². The average Bonchev–Trinajstić information content (AvgIpc) is 2.21. The van der Waals surface area contributed by atoms with Crippen molar-refractivity contribution >= 4 is 23.6 Å². The van der Waals surface area contributed by atoms with E-state index in [9.17, 15) is 9.59 Å². The van der Waals surface area contributed by atoms with Gasteiger partial charge >= 0.3 is 5.97 Å². The largest absolute Gasteiger partial charge is 0.480 e. The van der Waals surface area contributed by atoms with Gasteiger partial charge in [0.05, 0.1) is 12.6 Å². The van der Waals surface area contributed by atoms with Crippen molar-refractivity contribution < 1.29 is 19.8 Å². The van der Waals surface area contributed by atoms with Crippen LogP contribution >= 0.6 is 11.8 Å². The van der Waals surface area contributed by atoms with Gasteiger partial charge in [-0.1, -0.05) is 0 Å². The van der Waals surface area contributed by atoms with Crippen LogP contribution in [-0.2, 0) is 9.59 Å². The fourth-order valence-electron chi connectivity index (χ4n) is 0.840. The molecule has 0 aromatic heterocycles. The molecule has 0 saturated heterocycles. The molecule has 0 rings (SSSR count). The van der Waals surface area contributed by atoms with E-state index in [0.717, 1.165) is 5.75 Å². The van der Waals surface area contributed by atoms with Crippen LogP contribution in [-0.4, -0.2) is 52.8 Å². The fourth-order valence-corrected chi connectivity index (χ4v) is 1.33. The zero-order valence-electron chi connectivity index (χ0n) is 8.47. The topological polar surface area (TPSA) is 113 Å². The van der Waals surface area contributed by atoms with E-state index in [1.807, 2.05) is 6.26 Å². The van der Waals surface area contributed by atoms with Crippen molar-refractivity contribution in [1.29, 1.82) is 0 Å². The molecule has 1 amide bonds. The molecule has 5 N–H and O–H groups in total. The molecule has 88 valence electrons. The van der Waals surface area contributed by atoms with E-state index in [0.29, 0.717) is 6.42 Å². The molecule has 15 heavy (non-hydrogen) atoms. The molecule has 6 nitrogen and oxygen atoms in total. The van der Waals surface area contributed by atoms with Gasteiger partial charge in [0.1, 0.15) is 6.04 Å². The minimum absolute atomic E-state index is 0.477. The quantitative estimate of drug-likeness (QED) is 0.434. The predicted octanol–water partition coefficient (Wildman–Crippen LogP) is -1.37. The number of rotatable bonds is 7. The number of aliphatic hydroxyl groups is 1.